The number of carbonyl (C=O) groups excluding carboxylic acids is 3. The van der Waals surface area contributed by atoms with Crippen molar-refractivity contribution in [2.45, 2.75) is 0 Å². The number of hydrogen-bond acceptors (Lipinski definition) is 4. The molecule has 5 nitrogen and oxygen atoms in total. The minimum atomic E-state index is -1.54. The molecule has 1 amide bonds. The van der Waals surface area contributed by atoms with E-state index in [2.05, 4.69) is 5.32 Å². The molecular weight excluding hydrogens is 306 g/mol. The number of fused-ring (bicyclic) bond motifs is 1. The molecule has 2 aromatic rings. The third-order valence-corrected chi connectivity index (χ3v) is 3.45. The van der Waals surface area contributed by atoms with Crippen molar-refractivity contribution in [2.75, 3.05) is 5.32 Å². The maximum Gasteiger partial charge on any atom is 0.332 e. The molecule has 3 rings (SSSR count). The number of ketones is 1. The molecule has 0 aliphatic carbocycles. The van der Waals surface area contributed by atoms with E-state index < -0.39 is 23.6 Å². The second kappa shape index (κ2) is 5.61. The minimum absolute atomic E-state index is 0.114. The number of para-hydroxylation sites is 1. The van der Waals surface area contributed by atoms with Crippen LogP contribution in [0.4, 0.5) is 5.69 Å². The fourth-order valence-electron chi connectivity index (χ4n) is 2.18. The number of Topliss-reactive ketones (excluding diaryl/α,β-unsaturated/α-hetero) is 1. The Hall–Kier alpha value is -2.66. The van der Waals surface area contributed by atoms with Crippen LogP contribution in [-0.4, -0.2) is 17.7 Å². The zero-order valence-corrected chi connectivity index (χ0v) is 12.0. The lowest BCUT2D eigenvalue weighted by Gasteiger charge is -2.21. The molecule has 1 aliphatic heterocycles. The van der Waals surface area contributed by atoms with E-state index >= 15 is 0 Å². The number of amides is 1. The van der Waals surface area contributed by atoms with Crippen molar-refractivity contribution >= 4 is 34.9 Å². The molecule has 1 aliphatic rings. The number of ether oxygens (including phenoxy) is 1. The van der Waals surface area contributed by atoms with E-state index in [9.17, 15) is 14.4 Å². The van der Waals surface area contributed by atoms with Crippen LogP contribution in [0.25, 0.3) is 0 Å². The predicted molar refractivity (Wildman–Crippen MR) is 80.0 cm³/mol. The third kappa shape index (κ3) is 2.58. The highest BCUT2D eigenvalue weighted by atomic mass is 35.5. The fraction of sp³-hybridized carbons (Fsp3) is 0.0625. The molecule has 1 N–H and O–H groups in total. The maximum absolute atomic E-state index is 12.4. The van der Waals surface area contributed by atoms with Crippen molar-refractivity contribution in [1.82, 2.24) is 0 Å². The first-order chi connectivity index (χ1) is 10.6. The van der Waals surface area contributed by atoms with Crippen LogP contribution >= 0.6 is 11.6 Å². The quantitative estimate of drug-likeness (QED) is 0.525. The summed E-state index contributed by atoms with van der Waals surface area (Å²) >= 11 is 5.84. The van der Waals surface area contributed by atoms with Gasteiger partial charge in [-0.05, 0) is 30.3 Å². The number of benzene rings is 2. The Balaban J connectivity index is 1.89. The first kappa shape index (κ1) is 14.3. The zero-order valence-electron chi connectivity index (χ0n) is 11.2. The van der Waals surface area contributed by atoms with Crippen LogP contribution in [0.15, 0.2) is 48.5 Å². The van der Waals surface area contributed by atoms with E-state index in [1.165, 1.54) is 18.2 Å². The third-order valence-electron chi connectivity index (χ3n) is 3.22. The Morgan fingerprint density at radius 1 is 1.09 bits per heavy atom. The van der Waals surface area contributed by atoms with E-state index in [0.29, 0.717) is 10.7 Å². The van der Waals surface area contributed by atoms with E-state index in [1.54, 1.807) is 30.3 Å². The normalized spacial score (nSPS) is 16.7. The van der Waals surface area contributed by atoms with Gasteiger partial charge in [0.2, 0.25) is 5.91 Å². The largest absolute Gasteiger partial charge is 0.425 e. The summed E-state index contributed by atoms with van der Waals surface area (Å²) < 4.78 is 5.05. The van der Waals surface area contributed by atoms with E-state index in [1.807, 2.05) is 0 Å². The zero-order chi connectivity index (χ0) is 15.7. The van der Waals surface area contributed by atoms with Crippen LogP contribution in [0.3, 0.4) is 0 Å². The number of nitrogens with one attached hydrogen (secondary N) is 1. The van der Waals surface area contributed by atoms with Crippen molar-refractivity contribution in [1.29, 1.82) is 0 Å². The van der Waals surface area contributed by atoms with Crippen molar-refractivity contribution in [3.8, 4) is 5.75 Å². The average Bonchev–Trinajstić information content (AvgIpc) is 2.49. The molecule has 0 saturated heterocycles. The van der Waals surface area contributed by atoms with Crippen LogP contribution in [0.5, 0.6) is 5.75 Å². The van der Waals surface area contributed by atoms with E-state index in [0.717, 1.165) is 0 Å². The lowest BCUT2D eigenvalue weighted by atomic mass is 9.93. The molecule has 22 heavy (non-hydrogen) atoms. The molecule has 0 aromatic heterocycles. The van der Waals surface area contributed by atoms with Crippen molar-refractivity contribution in [3.63, 3.8) is 0 Å². The highest BCUT2D eigenvalue weighted by molar-refractivity contribution is 6.32. The number of esters is 1. The fourth-order valence-corrected chi connectivity index (χ4v) is 2.35. The van der Waals surface area contributed by atoms with Gasteiger partial charge in [-0.2, -0.15) is 0 Å². The molecule has 0 radical (unpaired) electrons. The molecule has 1 atom stereocenters. The molecule has 1 unspecified atom stereocenters. The monoisotopic (exact) mass is 315 g/mol. The van der Waals surface area contributed by atoms with Crippen LogP contribution in [-0.2, 0) is 9.59 Å². The molecule has 6 heteroatoms. The van der Waals surface area contributed by atoms with Gasteiger partial charge in [-0.3, -0.25) is 14.4 Å². The van der Waals surface area contributed by atoms with Crippen molar-refractivity contribution in [3.05, 3.63) is 59.1 Å². The molecule has 110 valence electrons. The van der Waals surface area contributed by atoms with Gasteiger partial charge in [0.25, 0.3) is 0 Å². The summed E-state index contributed by atoms with van der Waals surface area (Å²) in [6.45, 7) is 0. The van der Waals surface area contributed by atoms with E-state index in [-0.39, 0.29) is 11.3 Å². The lowest BCUT2D eigenvalue weighted by molar-refractivity contribution is -0.141. The Kier molecular flexibility index (Phi) is 3.65. The van der Waals surface area contributed by atoms with Crippen molar-refractivity contribution < 1.29 is 19.1 Å². The summed E-state index contributed by atoms with van der Waals surface area (Å²) in [6.07, 6.45) is 0. The molecule has 1 heterocycles. The Morgan fingerprint density at radius 2 is 1.82 bits per heavy atom. The maximum atomic E-state index is 12.4. The second-order valence-corrected chi connectivity index (χ2v) is 5.15. The van der Waals surface area contributed by atoms with Crippen LogP contribution in [0.1, 0.15) is 10.4 Å². The summed E-state index contributed by atoms with van der Waals surface area (Å²) in [7, 11) is 0. The van der Waals surface area contributed by atoms with Crippen LogP contribution in [0.2, 0.25) is 5.02 Å². The van der Waals surface area contributed by atoms with Gasteiger partial charge in [0.05, 0.1) is 5.56 Å². The van der Waals surface area contributed by atoms with Crippen molar-refractivity contribution in [2.24, 2.45) is 5.92 Å². The van der Waals surface area contributed by atoms with Gasteiger partial charge >= 0.3 is 5.97 Å². The van der Waals surface area contributed by atoms with Crippen LogP contribution < -0.4 is 10.1 Å². The predicted octanol–water partition coefficient (Wildman–Crippen LogP) is 2.70. The Labute approximate surface area is 130 Å². The van der Waals surface area contributed by atoms with Gasteiger partial charge in [-0.25, -0.2) is 0 Å². The number of halogens is 1. The standard InChI is InChI=1S/C16H10ClNO4/c17-9-6-7-12-11(8-9)14(19)13(16(21)22-12)15(20)18-10-4-2-1-3-5-10/h1-8,13H,(H,18,20). The molecular formula is C16H10ClNO4. The number of hydrogen-bond donors (Lipinski definition) is 1. The molecule has 0 spiro atoms. The summed E-state index contributed by atoms with van der Waals surface area (Å²) in [6, 6.07) is 12.9. The van der Waals surface area contributed by atoms with Gasteiger partial charge in [0.1, 0.15) is 5.75 Å². The molecule has 2 aromatic carbocycles. The lowest BCUT2D eigenvalue weighted by Crippen LogP contribution is -2.41. The van der Waals surface area contributed by atoms with Gasteiger partial charge in [-0.15, -0.1) is 0 Å². The second-order valence-electron chi connectivity index (χ2n) is 4.71. The summed E-state index contributed by atoms with van der Waals surface area (Å²) in [5.74, 6) is -3.67. The SMILES string of the molecule is O=C(Nc1ccccc1)C1C(=O)Oc2ccc(Cl)cc2C1=O. The van der Waals surface area contributed by atoms with Gasteiger partial charge < -0.3 is 10.1 Å². The highest BCUT2D eigenvalue weighted by Gasteiger charge is 2.41. The summed E-state index contributed by atoms with van der Waals surface area (Å²) in [5.41, 5.74) is 0.616. The van der Waals surface area contributed by atoms with Gasteiger partial charge in [-0.1, -0.05) is 29.8 Å². The topological polar surface area (TPSA) is 72.5 Å². The smallest absolute Gasteiger partial charge is 0.332 e. The van der Waals surface area contributed by atoms with Gasteiger partial charge in [0.15, 0.2) is 11.7 Å². The highest BCUT2D eigenvalue weighted by Crippen LogP contribution is 2.31. The molecule has 0 saturated carbocycles. The molecule has 0 bridgehead atoms. The van der Waals surface area contributed by atoms with Crippen LogP contribution in [0, 0.1) is 5.92 Å². The number of rotatable bonds is 2. The summed E-state index contributed by atoms with van der Waals surface area (Å²) in [4.78, 5) is 36.6. The first-order valence-electron chi connectivity index (χ1n) is 6.47. The number of carbonyl (C=O) groups is 3. The Morgan fingerprint density at radius 3 is 2.55 bits per heavy atom. The van der Waals surface area contributed by atoms with Gasteiger partial charge in [0, 0.05) is 10.7 Å². The average molecular weight is 316 g/mol. The van der Waals surface area contributed by atoms with E-state index in [4.69, 9.17) is 16.3 Å². The first-order valence-corrected chi connectivity index (χ1v) is 6.85. The number of anilines is 1. The minimum Gasteiger partial charge on any atom is -0.425 e. The molecule has 0 fully saturated rings. The Bertz CT molecular complexity index is 773. The summed E-state index contributed by atoms with van der Waals surface area (Å²) in [5, 5.41) is 2.85.